The summed E-state index contributed by atoms with van der Waals surface area (Å²) in [6, 6.07) is 16.2. The van der Waals surface area contributed by atoms with Crippen molar-refractivity contribution in [2.24, 2.45) is 5.92 Å². The van der Waals surface area contributed by atoms with E-state index in [1.807, 2.05) is 44.2 Å². The van der Waals surface area contributed by atoms with Crippen molar-refractivity contribution < 1.29 is 4.79 Å². The summed E-state index contributed by atoms with van der Waals surface area (Å²) in [7, 11) is 0. The summed E-state index contributed by atoms with van der Waals surface area (Å²) in [4.78, 5) is 42.0. The first-order valence-corrected chi connectivity index (χ1v) is 10.6. The lowest BCUT2D eigenvalue weighted by molar-refractivity contribution is -0.117. The fourth-order valence-corrected chi connectivity index (χ4v) is 3.41. The largest absolute Gasteiger partial charge is 0.383 e. The van der Waals surface area contributed by atoms with Crippen LogP contribution in [-0.4, -0.2) is 28.5 Å². The number of carbonyl (C=O) groups excluding carboxylic acids is 1. The van der Waals surface area contributed by atoms with Gasteiger partial charge in [0.05, 0.1) is 13.1 Å². The summed E-state index contributed by atoms with van der Waals surface area (Å²) in [5, 5.41) is 3.61. The molecule has 9 heteroatoms. The number of hydrogen-bond acceptors (Lipinski definition) is 5. The van der Waals surface area contributed by atoms with Gasteiger partial charge in [-0.15, -0.1) is 0 Å². The van der Waals surface area contributed by atoms with Gasteiger partial charge in [0.2, 0.25) is 5.91 Å². The van der Waals surface area contributed by atoms with Gasteiger partial charge in [-0.05, 0) is 35.7 Å². The number of aromatic nitrogens is 2. The number of benzene rings is 2. The number of amides is 1. The Labute approximate surface area is 190 Å². The molecule has 1 aromatic heterocycles. The molecule has 0 radical (unpaired) electrons. The molecular formula is C23H26ClN5O3. The van der Waals surface area contributed by atoms with Gasteiger partial charge in [0.15, 0.2) is 5.69 Å². The molecule has 2 aromatic carbocycles. The maximum absolute atomic E-state index is 13.1. The van der Waals surface area contributed by atoms with E-state index in [4.69, 9.17) is 17.3 Å². The third kappa shape index (κ3) is 5.59. The van der Waals surface area contributed by atoms with E-state index in [1.54, 1.807) is 24.3 Å². The number of anilines is 3. The summed E-state index contributed by atoms with van der Waals surface area (Å²) in [6.07, 6.45) is 0. The summed E-state index contributed by atoms with van der Waals surface area (Å²) in [5.74, 6) is -0.346. The van der Waals surface area contributed by atoms with Gasteiger partial charge < -0.3 is 16.0 Å². The van der Waals surface area contributed by atoms with E-state index >= 15 is 0 Å². The second-order valence-corrected chi connectivity index (χ2v) is 8.26. The number of nitrogens with zero attached hydrogens (tertiary/aromatic N) is 2. The number of nitrogen functional groups attached to an aromatic ring is 1. The molecule has 0 aliphatic rings. The number of nitrogens with two attached hydrogens (primary N) is 1. The molecule has 0 saturated heterocycles. The Morgan fingerprint density at radius 2 is 1.78 bits per heavy atom. The molecule has 8 nitrogen and oxygen atoms in total. The monoisotopic (exact) mass is 455 g/mol. The van der Waals surface area contributed by atoms with Crippen molar-refractivity contribution in [2.75, 3.05) is 29.0 Å². The van der Waals surface area contributed by atoms with E-state index < -0.39 is 11.2 Å². The third-order valence-corrected chi connectivity index (χ3v) is 5.06. The predicted octanol–water partition coefficient (Wildman–Crippen LogP) is 2.92. The molecule has 0 saturated carbocycles. The van der Waals surface area contributed by atoms with Crippen LogP contribution in [-0.2, 0) is 11.3 Å². The minimum Gasteiger partial charge on any atom is -0.383 e. The van der Waals surface area contributed by atoms with Crippen molar-refractivity contribution in [3.63, 3.8) is 0 Å². The van der Waals surface area contributed by atoms with E-state index in [2.05, 4.69) is 10.3 Å². The first-order chi connectivity index (χ1) is 15.3. The quantitative estimate of drug-likeness (QED) is 0.483. The molecule has 32 heavy (non-hydrogen) atoms. The molecule has 3 rings (SSSR count). The van der Waals surface area contributed by atoms with Crippen LogP contribution >= 0.6 is 11.6 Å². The van der Waals surface area contributed by atoms with Crippen molar-refractivity contribution in [1.82, 2.24) is 9.55 Å². The Bertz CT molecular complexity index is 1190. The zero-order valence-corrected chi connectivity index (χ0v) is 18.7. The molecule has 1 heterocycles. The van der Waals surface area contributed by atoms with Crippen molar-refractivity contribution >= 4 is 34.7 Å². The van der Waals surface area contributed by atoms with Gasteiger partial charge in [0.25, 0.3) is 5.56 Å². The highest BCUT2D eigenvalue weighted by molar-refractivity contribution is 6.30. The zero-order chi connectivity index (χ0) is 23.3. The van der Waals surface area contributed by atoms with Gasteiger partial charge in [-0.25, -0.2) is 4.79 Å². The molecule has 0 unspecified atom stereocenters. The number of halogens is 1. The van der Waals surface area contributed by atoms with Gasteiger partial charge >= 0.3 is 5.69 Å². The maximum Gasteiger partial charge on any atom is 0.330 e. The third-order valence-electron chi connectivity index (χ3n) is 4.80. The number of hydrogen-bond donors (Lipinski definition) is 3. The summed E-state index contributed by atoms with van der Waals surface area (Å²) in [5.41, 5.74) is 6.48. The van der Waals surface area contributed by atoms with Gasteiger partial charge in [-0.1, -0.05) is 55.8 Å². The fraction of sp³-hybridized carbons (Fsp3) is 0.261. The van der Waals surface area contributed by atoms with Crippen LogP contribution < -0.4 is 27.2 Å². The number of H-pyrrole nitrogens is 1. The minimum absolute atomic E-state index is 0.0304. The van der Waals surface area contributed by atoms with Crippen LogP contribution in [0.3, 0.4) is 0 Å². The highest BCUT2D eigenvalue weighted by Crippen LogP contribution is 2.20. The van der Waals surface area contributed by atoms with Crippen LogP contribution in [0.15, 0.2) is 64.2 Å². The van der Waals surface area contributed by atoms with Crippen LogP contribution in [0, 0.1) is 5.92 Å². The second-order valence-electron chi connectivity index (χ2n) is 7.82. The van der Waals surface area contributed by atoms with Crippen molar-refractivity contribution in [3.05, 3.63) is 86.0 Å². The standard InChI is InChI=1S/C23H26ClN5O3/c1-15(2)13-28(19(30)12-26-18-10-8-17(24)9-11-18)20-21(25)29(23(32)27-22(20)31)14-16-6-4-3-5-7-16/h3-11,15,26H,12-14,25H2,1-2H3,(H,27,31,32). The van der Waals surface area contributed by atoms with E-state index in [9.17, 15) is 14.4 Å². The lowest BCUT2D eigenvalue weighted by atomic mass is 10.2. The first-order valence-electron chi connectivity index (χ1n) is 10.2. The van der Waals surface area contributed by atoms with Crippen molar-refractivity contribution in [3.8, 4) is 0 Å². The summed E-state index contributed by atoms with van der Waals surface area (Å²) in [6.45, 7) is 4.22. The van der Waals surface area contributed by atoms with E-state index in [0.29, 0.717) is 10.7 Å². The van der Waals surface area contributed by atoms with Crippen LogP contribution in [0.4, 0.5) is 17.2 Å². The Kier molecular flexibility index (Phi) is 7.37. The van der Waals surface area contributed by atoms with Crippen molar-refractivity contribution in [1.29, 1.82) is 0 Å². The number of carbonyl (C=O) groups is 1. The molecule has 0 fully saturated rings. The SMILES string of the molecule is CC(C)CN(C(=O)CNc1ccc(Cl)cc1)c1c(N)n(Cc2ccccc2)c(=O)[nH]c1=O. The van der Waals surface area contributed by atoms with E-state index in [0.717, 1.165) is 5.56 Å². The average molecular weight is 456 g/mol. The zero-order valence-electron chi connectivity index (χ0n) is 18.0. The maximum atomic E-state index is 13.1. The number of nitrogens with one attached hydrogen (secondary N) is 2. The summed E-state index contributed by atoms with van der Waals surface area (Å²) >= 11 is 5.90. The van der Waals surface area contributed by atoms with Gasteiger partial charge in [-0.3, -0.25) is 19.1 Å². The molecular weight excluding hydrogens is 430 g/mol. The molecule has 0 aliphatic heterocycles. The van der Waals surface area contributed by atoms with Gasteiger partial charge in [0.1, 0.15) is 5.82 Å². The average Bonchev–Trinajstić information content (AvgIpc) is 2.75. The molecule has 0 aliphatic carbocycles. The highest BCUT2D eigenvalue weighted by atomic mass is 35.5. The topological polar surface area (TPSA) is 113 Å². The fourth-order valence-electron chi connectivity index (χ4n) is 3.28. The van der Waals surface area contributed by atoms with Crippen molar-refractivity contribution in [2.45, 2.75) is 20.4 Å². The Hall–Kier alpha value is -3.52. The number of aromatic amines is 1. The molecule has 4 N–H and O–H groups in total. The van der Waals surface area contributed by atoms with Crippen LogP contribution in [0.2, 0.25) is 5.02 Å². The number of rotatable bonds is 8. The normalized spacial score (nSPS) is 10.9. The Morgan fingerprint density at radius 1 is 1.12 bits per heavy atom. The lowest BCUT2D eigenvalue weighted by Gasteiger charge is -2.26. The molecule has 1 amide bonds. The van der Waals surface area contributed by atoms with Crippen LogP contribution in [0.1, 0.15) is 19.4 Å². The first kappa shape index (κ1) is 23.1. The second kappa shape index (κ2) is 10.2. The highest BCUT2D eigenvalue weighted by Gasteiger charge is 2.25. The molecule has 0 spiro atoms. The lowest BCUT2D eigenvalue weighted by Crippen LogP contribution is -2.44. The Balaban J connectivity index is 1.94. The molecule has 0 atom stereocenters. The summed E-state index contributed by atoms with van der Waals surface area (Å²) < 4.78 is 1.26. The molecule has 0 bridgehead atoms. The van der Waals surface area contributed by atoms with Gasteiger partial charge in [0, 0.05) is 17.3 Å². The van der Waals surface area contributed by atoms with E-state index in [1.165, 1.54) is 9.47 Å². The smallest absolute Gasteiger partial charge is 0.330 e. The Morgan fingerprint density at radius 3 is 2.41 bits per heavy atom. The van der Waals surface area contributed by atoms with Crippen LogP contribution in [0.5, 0.6) is 0 Å². The molecule has 3 aromatic rings. The molecule has 168 valence electrons. The van der Waals surface area contributed by atoms with Crippen LogP contribution in [0.25, 0.3) is 0 Å². The van der Waals surface area contributed by atoms with Gasteiger partial charge in [-0.2, -0.15) is 0 Å². The minimum atomic E-state index is -0.697. The predicted molar refractivity (Wildman–Crippen MR) is 128 cm³/mol. The van der Waals surface area contributed by atoms with E-state index in [-0.39, 0.29) is 43.0 Å².